The van der Waals surface area contributed by atoms with Gasteiger partial charge in [0.25, 0.3) is 5.91 Å². The molecule has 3 heteroatoms. The first-order chi connectivity index (χ1) is 7.38. The van der Waals surface area contributed by atoms with Gasteiger partial charge in [0.05, 0.1) is 34.2 Å². The summed E-state index contributed by atoms with van der Waals surface area (Å²) in [6.07, 6.45) is 0. The van der Waals surface area contributed by atoms with Gasteiger partial charge in [0.15, 0.2) is 0 Å². The Labute approximate surface area is 97.7 Å². The number of carbonyl (C=O) groups excluding carboxylic acids is 1. The number of carbonyl (C=O) groups is 1. The second kappa shape index (κ2) is 5.12. The molecule has 0 fully saturated rings. The van der Waals surface area contributed by atoms with E-state index in [0.29, 0.717) is 6.54 Å². The highest BCUT2D eigenvalue weighted by Gasteiger charge is 2.08. The minimum atomic E-state index is 0.00782. The van der Waals surface area contributed by atoms with Crippen LogP contribution in [0.3, 0.4) is 0 Å². The predicted octanol–water partition coefficient (Wildman–Crippen LogP) is 1.43. The first-order valence-corrected chi connectivity index (χ1v) is 5.54. The third-order valence-corrected chi connectivity index (χ3v) is 2.38. The van der Waals surface area contributed by atoms with E-state index < -0.39 is 0 Å². The van der Waals surface area contributed by atoms with E-state index in [1.54, 1.807) is 0 Å². The molecule has 0 aromatic heterocycles. The predicted molar refractivity (Wildman–Crippen MR) is 66.4 cm³/mol. The van der Waals surface area contributed by atoms with Crippen LogP contribution in [0.5, 0.6) is 0 Å². The van der Waals surface area contributed by atoms with Crippen molar-refractivity contribution in [1.29, 1.82) is 0 Å². The second-order valence-corrected chi connectivity index (χ2v) is 5.14. The highest BCUT2D eigenvalue weighted by molar-refractivity contribution is 5.94. The number of quaternary nitrogens is 1. The van der Waals surface area contributed by atoms with Gasteiger partial charge in [-0.25, -0.2) is 0 Å². The smallest absolute Gasteiger partial charge is 0.251 e. The number of hydrogen-bond donors (Lipinski definition) is 1. The molecule has 0 heterocycles. The SMILES string of the molecule is Cc1ccc(C(=O)NCC[N+](C)(C)C)cc1. The van der Waals surface area contributed by atoms with Crippen LogP contribution in [0.25, 0.3) is 0 Å². The monoisotopic (exact) mass is 221 g/mol. The van der Waals surface area contributed by atoms with Crippen molar-refractivity contribution in [2.24, 2.45) is 0 Å². The van der Waals surface area contributed by atoms with Crippen LogP contribution in [0, 0.1) is 6.92 Å². The fourth-order valence-electron chi connectivity index (χ4n) is 1.31. The van der Waals surface area contributed by atoms with E-state index in [2.05, 4.69) is 26.5 Å². The fraction of sp³-hybridized carbons (Fsp3) is 0.462. The molecule has 0 saturated heterocycles. The zero-order chi connectivity index (χ0) is 12.2. The minimum Gasteiger partial charge on any atom is -0.346 e. The lowest BCUT2D eigenvalue weighted by Gasteiger charge is -2.23. The standard InChI is InChI=1S/C13H20N2O/c1-11-5-7-12(8-6-11)13(16)14-9-10-15(2,3)4/h5-8H,9-10H2,1-4H3/p+1. The molecule has 1 rings (SSSR count). The lowest BCUT2D eigenvalue weighted by molar-refractivity contribution is -0.869. The molecule has 1 aromatic rings. The number of hydrogen-bond acceptors (Lipinski definition) is 1. The third-order valence-electron chi connectivity index (χ3n) is 2.38. The summed E-state index contributed by atoms with van der Waals surface area (Å²) in [7, 11) is 6.33. The van der Waals surface area contributed by atoms with E-state index in [1.807, 2.05) is 31.2 Å². The number of likely N-dealkylation sites (N-methyl/N-ethyl adjacent to an activating group) is 1. The van der Waals surface area contributed by atoms with Gasteiger partial charge in [-0.15, -0.1) is 0 Å². The summed E-state index contributed by atoms with van der Waals surface area (Å²) < 4.78 is 0.855. The highest BCUT2D eigenvalue weighted by atomic mass is 16.1. The fourth-order valence-corrected chi connectivity index (χ4v) is 1.31. The maximum absolute atomic E-state index is 11.7. The molecule has 1 aromatic carbocycles. The molecule has 1 amide bonds. The zero-order valence-corrected chi connectivity index (χ0v) is 10.6. The van der Waals surface area contributed by atoms with E-state index in [0.717, 1.165) is 16.6 Å². The van der Waals surface area contributed by atoms with Crippen molar-refractivity contribution in [3.8, 4) is 0 Å². The first kappa shape index (κ1) is 12.7. The Morgan fingerprint density at radius 1 is 1.19 bits per heavy atom. The Bertz CT molecular complexity index is 349. The summed E-state index contributed by atoms with van der Waals surface area (Å²) in [6.45, 7) is 3.65. The molecule has 0 bridgehead atoms. The molecular formula is C13H21N2O+. The van der Waals surface area contributed by atoms with Crippen molar-refractivity contribution in [3.05, 3.63) is 35.4 Å². The summed E-state index contributed by atoms with van der Waals surface area (Å²) in [5, 5.41) is 2.92. The average Bonchev–Trinajstić information content (AvgIpc) is 2.16. The van der Waals surface area contributed by atoms with Gasteiger partial charge in [-0.1, -0.05) is 17.7 Å². The quantitative estimate of drug-likeness (QED) is 0.766. The third kappa shape index (κ3) is 4.45. The number of benzene rings is 1. The lowest BCUT2D eigenvalue weighted by Crippen LogP contribution is -2.41. The van der Waals surface area contributed by atoms with Crippen molar-refractivity contribution in [3.63, 3.8) is 0 Å². The molecule has 16 heavy (non-hydrogen) atoms. The molecule has 0 spiro atoms. The Morgan fingerprint density at radius 2 is 1.75 bits per heavy atom. The summed E-state index contributed by atoms with van der Waals surface area (Å²) in [5.41, 5.74) is 1.90. The van der Waals surface area contributed by atoms with Crippen LogP contribution < -0.4 is 5.32 Å². The van der Waals surface area contributed by atoms with Crippen LogP contribution in [0.4, 0.5) is 0 Å². The number of amides is 1. The van der Waals surface area contributed by atoms with E-state index in [4.69, 9.17) is 0 Å². The molecule has 0 radical (unpaired) electrons. The minimum absolute atomic E-state index is 0.00782. The van der Waals surface area contributed by atoms with Gasteiger partial charge < -0.3 is 9.80 Å². The Morgan fingerprint density at radius 3 is 2.25 bits per heavy atom. The van der Waals surface area contributed by atoms with Gasteiger partial charge in [-0.2, -0.15) is 0 Å². The van der Waals surface area contributed by atoms with Crippen LogP contribution in [0.1, 0.15) is 15.9 Å². The number of nitrogens with zero attached hydrogens (tertiary/aromatic N) is 1. The molecule has 1 N–H and O–H groups in total. The molecule has 88 valence electrons. The van der Waals surface area contributed by atoms with Crippen molar-refractivity contribution >= 4 is 5.91 Å². The topological polar surface area (TPSA) is 29.1 Å². The van der Waals surface area contributed by atoms with Crippen LogP contribution in [0.15, 0.2) is 24.3 Å². The second-order valence-electron chi connectivity index (χ2n) is 5.14. The molecule has 0 unspecified atom stereocenters. The average molecular weight is 221 g/mol. The molecule has 3 nitrogen and oxygen atoms in total. The van der Waals surface area contributed by atoms with Gasteiger partial charge >= 0.3 is 0 Å². The maximum atomic E-state index is 11.7. The van der Waals surface area contributed by atoms with Gasteiger partial charge in [-0.05, 0) is 19.1 Å². The van der Waals surface area contributed by atoms with E-state index in [9.17, 15) is 4.79 Å². The van der Waals surface area contributed by atoms with E-state index >= 15 is 0 Å². The number of rotatable bonds is 4. The van der Waals surface area contributed by atoms with Gasteiger partial charge in [-0.3, -0.25) is 4.79 Å². The summed E-state index contributed by atoms with van der Waals surface area (Å²) in [5.74, 6) is 0.00782. The normalized spacial score (nSPS) is 11.2. The van der Waals surface area contributed by atoms with Crippen LogP contribution in [-0.2, 0) is 0 Å². The zero-order valence-electron chi connectivity index (χ0n) is 10.6. The summed E-state index contributed by atoms with van der Waals surface area (Å²) in [6, 6.07) is 7.62. The van der Waals surface area contributed by atoms with Crippen molar-refractivity contribution < 1.29 is 9.28 Å². The summed E-state index contributed by atoms with van der Waals surface area (Å²) in [4.78, 5) is 11.7. The van der Waals surface area contributed by atoms with Gasteiger partial charge in [0.1, 0.15) is 0 Å². The van der Waals surface area contributed by atoms with Crippen LogP contribution in [-0.4, -0.2) is 44.6 Å². The number of nitrogens with one attached hydrogen (secondary N) is 1. The number of aryl methyl sites for hydroxylation is 1. The van der Waals surface area contributed by atoms with Crippen LogP contribution >= 0.6 is 0 Å². The molecule has 0 aliphatic heterocycles. The molecule has 0 atom stereocenters. The Hall–Kier alpha value is -1.35. The van der Waals surface area contributed by atoms with Gasteiger partial charge in [0.2, 0.25) is 0 Å². The van der Waals surface area contributed by atoms with Gasteiger partial charge in [0, 0.05) is 5.56 Å². The van der Waals surface area contributed by atoms with E-state index in [-0.39, 0.29) is 5.91 Å². The molecule has 0 saturated carbocycles. The highest BCUT2D eigenvalue weighted by Crippen LogP contribution is 2.02. The Kier molecular flexibility index (Phi) is 4.07. The van der Waals surface area contributed by atoms with Crippen molar-refractivity contribution in [2.45, 2.75) is 6.92 Å². The van der Waals surface area contributed by atoms with Crippen molar-refractivity contribution in [1.82, 2.24) is 5.32 Å². The molecule has 0 aliphatic rings. The van der Waals surface area contributed by atoms with Crippen LogP contribution in [0.2, 0.25) is 0 Å². The summed E-state index contributed by atoms with van der Waals surface area (Å²) >= 11 is 0. The van der Waals surface area contributed by atoms with Crippen molar-refractivity contribution in [2.75, 3.05) is 34.2 Å². The Balaban J connectivity index is 2.44. The molecule has 0 aliphatic carbocycles. The molecular weight excluding hydrogens is 200 g/mol. The van der Waals surface area contributed by atoms with E-state index in [1.165, 1.54) is 5.56 Å². The maximum Gasteiger partial charge on any atom is 0.251 e. The lowest BCUT2D eigenvalue weighted by atomic mass is 10.1. The first-order valence-electron chi connectivity index (χ1n) is 5.54. The largest absolute Gasteiger partial charge is 0.346 e.